The fourth-order valence-electron chi connectivity index (χ4n) is 3.46. The van der Waals surface area contributed by atoms with Crippen LogP contribution in [0.2, 0.25) is 10.0 Å². The molecule has 1 N–H and O–H groups in total. The van der Waals surface area contributed by atoms with Crippen LogP contribution >= 0.6 is 39.1 Å². The number of nitrogens with one attached hydrogen (secondary N) is 1. The van der Waals surface area contributed by atoms with E-state index in [2.05, 4.69) is 36.3 Å². The molecule has 0 aliphatic carbocycles. The lowest BCUT2D eigenvalue weighted by molar-refractivity contribution is -0.121. The van der Waals surface area contributed by atoms with Crippen LogP contribution in [0.25, 0.3) is 11.4 Å². The van der Waals surface area contributed by atoms with Crippen LogP contribution in [0.1, 0.15) is 18.7 Å². The summed E-state index contributed by atoms with van der Waals surface area (Å²) in [5.41, 5.74) is 1.54. The molecule has 4 rings (SSSR count). The third-order valence-electron chi connectivity index (χ3n) is 4.99. The second-order valence-corrected chi connectivity index (χ2v) is 8.91. The van der Waals surface area contributed by atoms with E-state index in [-0.39, 0.29) is 11.8 Å². The number of nitrogens with zero attached hydrogens (tertiary/aromatic N) is 3. The third kappa shape index (κ3) is 5.21. The molecule has 1 saturated heterocycles. The maximum Gasteiger partial charge on any atom is 0.241 e. The zero-order valence-corrected chi connectivity index (χ0v) is 19.0. The van der Waals surface area contributed by atoms with Gasteiger partial charge in [0.2, 0.25) is 17.6 Å². The summed E-state index contributed by atoms with van der Waals surface area (Å²) in [4.78, 5) is 19.4. The van der Waals surface area contributed by atoms with Gasteiger partial charge < -0.3 is 9.84 Å². The summed E-state index contributed by atoms with van der Waals surface area (Å²) >= 11 is 15.4. The largest absolute Gasteiger partial charge is 0.338 e. The number of likely N-dealkylation sites (tertiary alicyclic amines) is 1. The number of halogens is 3. The van der Waals surface area contributed by atoms with Crippen molar-refractivity contribution in [3.05, 3.63) is 62.9 Å². The predicted octanol–water partition coefficient (Wildman–Crippen LogP) is 5.66. The summed E-state index contributed by atoms with van der Waals surface area (Å²) in [5.74, 6) is 0.936. The summed E-state index contributed by atoms with van der Waals surface area (Å²) in [5, 5.41) is 8.24. The highest BCUT2D eigenvalue weighted by atomic mass is 79.9. The standard InChI is InChI=1S/C21H19BrCl2N4O2/c22-17-8-7-16(10-18(17)24)25-21(29)14-2-1-9-28(11-14)12-19-26-20(27-30-19)13-3-5-15(23)6-4-13/h3-8,10,14H,1-2,9,11-12H2,(H,25,29). The number of piperidine rings is 1. The van der Waals surface area contributed by atoms with E-state index in [0.717, 1.165) is 29.4 Å². The molecule has 1 atom stereocenters. The van der Waals surface area contributed by atoms with E-state index in [1.165, 1.54) is 0 Å². The summed E-state index contributed by atoms with van der Waals surface area (Å²) in [6.07, 6.45) is 1.77. The Hall–Kier alpha value is -1.93. The number of carbonyl (C=O) groups is 1. The second-order valence-electron chi connectivity index (χ2n) is 7.21. The highest BCUT2D eigenvalue weighted by Crippen LogP contribution is 2.27. The van der Waals surface area contributed by atoms with Gasteiger partial charge in [0.25, 0.3) is 0 Å². The zero-order valence-electron chi connectivity index (χ0n) is 15.9. The molecule has 1 aliphatic rings. The van der Waals surface area contributed by atoms with Crippen molar-refractivity contribution in [1.29, 1.82) is 0 Å². The molecule has 1 aromatic heterocycles. The molecule has 1 fully saturated rings. The Bertz CT molecular complexity index is 1040. The first-order chi connectivity index (χ1) is 14.5. The molecule has 2 aromatic carbocycles. The van der Waals surface area contributed by atoms with E-state index < -0.39 is 0 Å². The summed E-state index contributed by atoms with van der Waals surface area (Å²) in [6, 6.07) is 12.7. The molecule has 30 heavy (non-hydrogen) atoms. The molecule has 9 heteroatoms. The maximum absolute atomic E-state index is 12.7. The van der Waals surface area contributed by atoms with Gasteiger partial charge in [-0.15, -0.1) is 0 Å². The van der Waals surface area contributed by atoms with E-state index in [9.17, 15) is 4.79 Å². The number of aromatic nitrogens is 2. The number of benzene rings is 2. The highest BCUT2D eigenvalue weighted by molar-refractivity contribution is 9.10. The number of hydrogen-bond acceptors (Lipinski definition) is 5. The second kappa shape index (κ2) is 9.47. The van der Waals surface area contributed by atoms with E-state index in [1.807, 2.05) is 24.3 Å². The molecule has 3 aromatic rings. The van der Waals surface area contributed by atoms with Crippen molar-refractivity contribution < 1.29 is 9.32 Å². The number of rotatable bonds is 5. The van der Waals surface area contributed by atoms with Crippen molar-refractivity contribution in [2.24, 2.45) is 5.92 Å². The van der Waals surface area contributed by atoms with Gasteiger partial charge in [0.15, 0.2) is 0 Å². The predicted molar refractivity (Wildman–Crippen MR) is 121 cm³/mol. The first kappa shape index (κ1) is 21.3. The summed E-state index contributed by atoms with van der Waals surface area (Å²) < 4.78 is 6.21. The van der Waals surface area contributed by atoms with Crippen molar-refractivity contribution >= 4 is 50.7 Å². The van der Waals surface area contributed by atoms with Crippen LogP contribution in [-0.2, 0) is 11.3 Å². The molecular weight excluding hydrogens is 491 g/mol. The van der Waals surface area contributed by atoms with Gasteiger partial charge in [-0.2, -0.15) is 4.98 Å². The first-order valence-electron chi connectivity index (χ1n) is 9.55. The molecule has 1 unspecified atom stereocenters. The molecule has 0 radical (unpaired) electrons. The van der Waals surface area contributed by atoms with Crippen LogP contribution in [0, 0.1) is 5.92 Å². The van der Waals surface area contributed by atoms with Gasteiger partial charge in [0.05, 0.1) is 17.5 Å². The van der Waals surface area contributed by atoms with Crippen LogP contribution < -0.4 is 5.32 Å². The maximum atomic E-state index is 12.7. The number of anilines is 1. The number of amides is 1. The van der Waals surface area contributed by atoms with Crippen molar-refractivity contribution in [2.45, 2.75) is 19.4 Å². The monoisotopic (exact) mass is 508 g/mol. The van der Waals surface area contributed by atoms with Crippen LogP contribution in [-0.4, -0.2) is 34.0 Å². The Kier molecular flexibility index (Phi) is 6.73. The molecule has 0 bridgehead atoms. The van der Waals surface area contributed by atoms with Crippen LogP contribution in [0.4, 0.5) is 5.69 Å². The first-order valence-corrected chi connectivity index (χ1v) is 11.1. The Morgan fingerprint density at radius 2 is 2.03 bits per heavy atom. The molecule has 1 aliphatic heterocycles. The van der Waals surface area contributed by atoms with Crippen LogP contribution in [0.15, 0.2) is 51.5 Å². The van der Waals surface area contributed by atoms with Gasteiger partial charge in [-0.1, -0.05) is 28.4 Å². The van der Waals surface area contributed by atoms with Crippen molar-refractivity contribution in [2.75, 3.05) is 18.4 Å². The SMILES string of the molecule is O=C(Nc1ccc(Br)c(Cl)c1)C1CCCN(Cc2nc(-c3ccc(Cl)cc3)no2)C1. The molecular formula is C21H19BrCl2N4O2. The minimum atomic E-state index is -0.111. The van der Waals surface area contributed by atoms with E-state index in [1.54, 1.807) is 18.2 Å². The normalized spacial score (nSPS) is 17.1. The quantitative estimate of drug-likeness (QED) is 0.480. The minimum absolute atomic E-state index is 0.00882. The fraction of sp³-hybridized carbons (Fsp3) is 0.286. The van der Waals surface area contributed by atoms with Gasteiger partial charge in [-0.05, 0) is 77.8 Å². The Balaban J connectivity index is 1.36. The Morgan fingerprint density at radius 1 is 1.23 bits per heavy atom. The van der Waals surface area contributed by atoms with Crippen molar-refractivity contribution in [3.8, 4) is 11.4 Å². The summed E-state index contributed by atoms with van der Waals surface area (Å²) in [7, 11) is 0. The lowest BCUT2D eigenvalue weighted by Crippen LogP contribution is -2.40. The highest BCUT2D eigenvalue weighted by Gasteiger charge is 2.27. The molecule has 2 heterocycles. The van der Waals surface area contributed by atoms with Crippen molar-refractivity contribution in [1.82, 2.24) is 15.0 Å². The fourth-order valence-corrected chi connectivity index (χ4v) is 4.01. The topological polar surface area (TPSA) is 71.3 Å². The average Bonchev–Trinajstić information content (AvgIpc) is 3.20. The molecule has 156 valence electrons. The van der Waals surface area contributed by atoms with Crippen molar-refractivity contribution in [3.63, 3.8) is 0 Å². The summed E-state index contributed by atoms with van der Waals surface area (Å²) in [6.45, 7) is 2.02. The molecule has 0 spiro atoms. The Labute approximate surface area is 192 Å². The zero-order chi connectivity index (χ0) is 21.1. The lowest BCUT2D eigenvalue weighted by Gasteiger charge is -2.30. The van der Waals surface area contributed by atoms with Gasteiger partial charge in [0.1, 0.15) is 0 Å². The molecule has 0 saturated carbocycles. The van der Waals surface area contributed by atoms with E-state index in [0.29, 0.717) is 40.5 Å². The lowest BCUT2D eigenvalue weighted by atomic mass is 9.97. The van der Waals surface area contributed by atoms with E-state index >= 15 is 0 Å². The van der Waals surface area contributed by atoms with Gasteiger partial charge >= 0.3 is 0 Å². The van der Waals surface area contributed by atoms with Crippen LogP contribution in [0.5, 0.6) is 0 Å². The third-order valence-corrected chi connectivity index (χ3v) is 6.48. The van der Waals surface area contributed by atoms with Gasteiger partial charge in [-0.25, -0.2) is 0 Å². The number of carbonyl (C=O) groups excluding carboxylic acids is 1. The molecule has 6 nitrogen and oxygen atoms in total. The smallest absolute Gasteiger partial charge is 0.241 e. The van der Waals surface area contributed by atoms with E-state index in [4.69, 9.17) is 27.7 Å². The number of hydrogen-bond donors (Lipinski definition) is 1. The Morgan fingerprint density at radius 3 is 2.80 bits per heavy atom. The van der Waals surface area contributed by atoms with Gasteiger partial charge in [-0.3, -0.25) is 9.69 Å². The molecule has 1 amide bonds. The average molecular weight is 510 g/mol. The van der Waals surface area contributed by atoms with Crippen LogP contribution in [0.3, 0.4) is 0 Å². The van der Waals surface area contributed by atoms with Gasteiger partial charge in [0, 0.05) is 27.3 Å². The minimum Gasteiger partial charge on any atom is -0.338 e.